The van der Waals surface area contributed by atoms with Crippen LogP contribution in [-0.2, 0) is 10.8 Å². The van der Waals surface area contributed by atoms with Crippen LogP contribution in [0.1, 0.15) is 44.5 Å². The van der Waals surface area contributed by atoms with E-state index in [2.05, 4.69) is 588 Å². The van der Waals surface area contributed by atoms with Crippen LogP contribution in [0.3, 0.4) is 0 Å². The molecule has 4 heterocycles. The number of hydrogen-bond donors (Lipinski definition) is 0. The lowest BCUT2D eigenvalue weighted by atomic mass is 9.64. The highest BCUT2D eigenvalue weighted by atomic mass is 32.1. The highest BCUT2D eigenvalue weighted by molar-refractivity contribution is 7.25. The molecule has 4 aliphatic rings. The topological polar surface area (TPSA) is 17.9 Å². The second kappa shape index (κ2) is 35.2. The smallest absolute Gasteiger partial charge is 0.0755 e. The molecule has 684 valence electrons. The summed E-state index contributed by atoms with van der Waals surface area (Å²) >= 11 is 1.86. The molecule has 2 spiro atoms. The van der Waals surface area contributed by atoms with Crippen molar-refractivity contribution in [2.24, 2.45) is 0 Å². The lowest BCUT2D eigenvalue weighted by molar-refractivity contribution is 0.752. The summed E-state index contributed by atoms with van der Waals surface area (Å²) in [7, 11) is 0. The van der Waals surface area contributed by atoms with Crippen LogP contribution in [0.25, 0.3) is 137 Å². The monoisotopic (exact) mass is 1880 g/mol. The van der Waals surface area contributed by atoms with Crippen LogP contribution in [-0.4, -0.2) is 4.57 Å². The number of nitrogens with zero attached hydrogens (tertiary/aromatic N) is 5. The number of fused-ring (bicyclic) bond motifs is 24. The van der Waals surface area contributed by atoms with Gasteiger partial charge in [0, 0.05) is 81.6 Å². The van der Waals surface area contributed by atoms with Gasteiger partial charge in [0.05, 0.1) is 67.4 Å². The van der Waals surface area contributed by atoms with Crippen molar-refractivity contribution in [1.29, 1.82) is 0 Å². The SMILES string of the molecule is c1ccc(-c2ccccc2-c2ccccc2N(c2ccc(-c3ccc4c5ccccc5n(-c5ccccc5)c4c3)cc2)c2cccc3c2-c2ccccc2C32c3ccccc3N(c3ccccc3)c3ccccc32)cc1.c1ccc(-c2ccccc2-c2ccccc2N(c2ccc(-c3ccc4sc5ccccc5c4c3)cc2)c2cccc3c2-c2ccccc2C32c3ccccc3N(c3ccccc3)c3ccccc32)cc1. The zero-order valence-corrected chi connectivity index (χ0v) is 80.7. The molecule has 25 aromatic rings. The van der Waals surface area contributed by atoms with Crippen LogP contribution in [0.4, 0.5) is 68.2 Å². The van der Waals surface area contributed by atoms with Gasteiger partial charge in [0.2, 0.25) is 0 Å². The number of rotatable bonds is 15. The Hall–Kier alpha value is -18.7. The predicted molar refractivity (Wildman–Crippen MR) is 613 cm³/mol. The average molecular weight is 1880 g/mol. The number of anilines is 12. The first-order valence-electron chi connectivity index (χ1n) is 50.4. The Bertz CT molecular complexity index is 9300. The minimum absolute atomic E-state index is 0.597. The van der Waals surface area contributed by atoms with E-state index in [1.165, 1.54) is 182 Å². The summed E-state index contributed by atoms with van der Waals surface area (Å²) in [6.45, 7) is 0. The summed E-state index contributed by atoms with van der Waals surface area (Å²) in [6, 6.07) is 208. The summed E-state index contributed by atoms with van der Waals surface area (Å²) < 4.78 is 5.03. The van der Waals surface area contributed by atoms with Gasteiger partial charge in [-0.25, -0.2) is 0 Å². The van der Waals surface area contributed by atoms with Gasteiger partial charge in [0.25, 0.3) is 0 Å². The molecule has 23 aromatic carbocycles. The van der Waals surface area contributed by atoms with Gasteiger partial charge >= 0.3 is 0 Å². The van der Waals surface area contributed by atoms with Gasteiger partial charge in [-0.05, 0) is 251 Å². The van der Waals surface area contributed by atoms with Crippen molar-refractivity contribution in [3.05, 3.63) is 609 Å². The third-order valence-corrected chi connectivity index (χ3v) is 31.8. The molecule has 146 heavy (non-hydrogen) atoms. The van der Waals surface area contributed by atoms with Gasteiger partial charge < -0.3 is 24.2 Å². The van der Waals surface area contributed by atoms with Crippen molar-refractivity contribution in [2.75, 3.05) is 19.6 Å². The van der Waals surface area contributed by atoms with Crippen LogP contribution in [0.2, 0.25) is 0 Å². The largest absolute Gasteiger partial charge is 0.310 e. The van der Waals surface area contributed by atoms with E-state index in [4.69, 9.17) is 0 Å². The minimum atomic E-state index is -0.615. The van der Waals surface area contributed by atoms with Gasteiger partial charge in [0.15, 0.2) is 0 Å². The molecule has 0 N–H and O–H groups in total. The molecule has 0 fully saturated rings. The van der Waals surface area contributed by atoms with E-state index < -0.39 is 10.8 Å². The number of aromatic nitrogens is 1. The normalized spacial score (nSPS) is 12.9. The molecule has 0 bridgehead atoms. The van der Waals surface area contributed by atoms with Crippen LogP contribution in [0, 0.1) is 0 Å². The molecule has 2 aliphatic carbocycles. The molecule has 2 aliphatic heterocycles. The molecule has 0 atom stereocenters. The zero-order chi connectivity index (χ0) is 96.3. The number of benzene rings is 23. The third kappa shape index (κ3) is 13.5. The molecule has 2 aromatic heterocycles. The maximum Gasteiger partial charge on any atom is 0.0755 e. The number of thiophene rings is 1. The van der Waals surface area contributed by atoms with Gasteiger partial charge in [0.1, 0.15) is 0 Å². The minimum Gasteiger partial charge on any atom is -0.310 e. The summed E-state index contributed by atoms with van der Waals surface area (Å²) in [5.41, 5.74) is 45.2. The highest BCUT2D eigenvalue weighted by Gasteiger charge is 2.55. The molecule has 0 saturated heterocycles. The van der Waals surface area contributed by atoms with Crippen molar-refractivity contribution in [1.82, 2.24) is 4.57 Å². The first kappa shape index (κ1) is 85.3. The molecule has 6 heteroatoms. The van der Waals surface area contributed by atoms with Crippen molar-refractivity contribution >= 4 is 122 Å². The third-order valence-electron chi connectivity index (χ3n) is 30.7. The molecule has 5 nitrogen and oxygen atoms in total. The molecule has 0 unspecified atom stereocenters. The van der Waals surface area contributed by atoms with Gasteiger partial charge in [-0.3, -0.25) is 0 Å². The van der Waals surface area contributed by atoms with E-state index in [-0.39, 0.29) is 0 Å². The summed E-state index contributed by atoms with van der Waals surface area (Å²) in [6.07, 6.45) is 0. The lowest BCUT2D eigenvalue weighted by Crippen LogP contribution is -2.36. The fourth-order valence-corrected chi connectivity index (χ4v) is 25.7. The first-order chi connectivity index (χ1) is 72.5. The maximum atomic E-state index is 2.53. The van der Waals surface area contributed by atoms with Crippen LogP contribution in [0.5, 0.6) is 0 Å². The second-order valence-corrected chi connectivity index (χ2v) is 39.3. The summed E-state index contributed by atoms with van der Waals surface area (Å²) in [5.74, 6) is 0. The molecular weight excluding hydrogens is 1780 g/mol. The van der Waals surface area contributed by atoms with E-state index in [9.17, 15) is 0 Å². The van der Waals surface area contributed by atoms with Gasteiger partial charge in [-0.15, -0.1) is 11.3 Å². The van der Waals surface area contributed by atoms with Crippen molar-refractivity contribution in [3.63, 3.8) is 0 Å². The van der Waals surface area contributed by atoms with Gasteiger partial charge in [-0.1, -0.05) is 425 Å². The standard InChI is InChI=1S/C73H49N3.C67H44N2S/c1-4-23-51(24-5-1)56-29-10-11-30-57(56)58-31-13-18-38-66(58)74(55-46-43-50(44-47-55)52-45-48-60-59-32-14-19-39-67(59)75(71(60)49-52)53-25-6-2-7-26-53)70-42-22-37-65-72(70)61-33-12-15-34-62(61)73(65)63-35-16-20-40-68(63)76(54-27-8-3-9-28-54)69-41-21-17-36-64(69)73;1-3-20-46(21-4-1)50-24-7-8-25-51(50)52-26-10-15-33-60(52)68(49-41-38-45(39-42-49)47-40-43-65-55(44-47)53-27-11-18-37-64(53)70-65)63-36-19-32-59-66(63)54-28-9-12-29-56(54)67(59)57-30-13-16-34-61(57)69(48-22-5-2-6-23-48)62-35-17-14-31-58(62)67/h1-49H;1-44H. The number of para-hydroxylation sites is 10. The molecular formula is C140H93N5S. The summed E-state index contributed by atoms with van der Waals surface area (Å²) in [4.78, 5) is 9.96. The highest BCUT2D eigenvalue weighted by Crippen LogP contribution is 2.69. The van der Waals surface area contributed by atoms with Gasteiger partial charge in [-0.2, -0.15) is 0 Å². The summed E-state index contributed by atoms with van der Waals surface area (Å²) in [5, 5.41) is 5.11. The fourth-order valence-electron chi connectivity index (χ4n) is 24.7. The lowest BCUT2D eigenvalue weighted by Gasteiger charge is -2.45. The molecule has 0 radical (unpaired) electrons. The van der Waals surface area contributed by atoms with Crippen molar-refractivity contribution in [2.45, 2.75) is 10.8 Å². The van der Waals surface area contributed by atoms with E-state index in [1.54, 1.807) is 0 Å². The Morgan fingerprint density at radius 3 is 0.945 bits per heavy atom. The second-order valence-electron chi connectivity index (χ2n) is 38.3. The van der Waals surface area contributed by atoms with E-state index in [1.807, 2.05) is 11.3 Å². The number of hydrogen-bond acceptors (Lipinski definition) is 5. The maximum absolute atomic E-state index is 2.53. The quantitative estimate of drug-likeness (QED) is 0.102. The fraction of sp³-hybridized carbons (Fsp3) is 0.0143. The Morgan fingerprint density at radius 2 is 0.486 bits per heavy atom. The molecule has 0 saturated carbocycles. The molecule has 29 rings (SSSR count). The Labute approximate surface area is 853 Å². The first-order valence-corrected chi connectivity index (χ1v) is 51.2. The van der Waals surface area contributed by atoms with Crippen molar-refractivity contribution in [3.8, 4) is 94.7 Å². The average Bonchev–Trinajstić information content (AvgIpc) is 1.50. The van der Waals surface area contributed by atoms with Crippen LogP contribution >= 0.6 is 11.3 Å². The van der Waals surface area contributed by atoms with Crippen molar-refractivity contribution < 1.29 is 0 Å². The van der Waals surface area contributed by atoms with Crippen LogP contribution in [0.15, 0.2) is 564 Å². The Morgan fingerprint density at radius 1 is 0.171 bits per heavy atom. The van der Waals surface area contributed by atoms with E-state index >= 15 is 0 Å². The Kier molecular flexibility index (Phi) is 20.6. The zero-order valence-electron chi connectivity index (χ0n) is 79.8. The van der Waals surface area contributed by atoms with E-state index in [0.717, 1.165) is 67.9 Å². The Balaban J connectivity index is 0.000000142. The van der Waals surface area contributed by atoms with Crippen LogP contribution < -0.4 is 19.6 Å². The van der Waals surface area contributed by atoms with E-state index in [0.29, 0.717) is 0 Å². The molecule has 0 amide bonds. The predicted octanol–water partition coefficient (Wildman–Crippen LogP) is 38.1.